The Morgan fingerprint density at radius 2 is 1.81 bits per heavy atom. The van der Waals surface area contributed by atoms with Gasteiger partial charge < -0.3 is 10.6 Å². The minimum atomic E-state index is 0.0515. The zero-order chi connectivity index (χ0) is 11.4. The summed E-state index contributed by atoms with van der Waals surface area (Å²) in [6.45, 7) is 0. The van der Waals surface area contributed by atoms with Gasteiger partial charge in [0, 0.05) is 17.3 Å². The van der Waals surface area contributed by atoms with Crippen molar-refractivity contribution in [3.05, 3.63) is 0 Å². The highest BCUT2D eigenvalue weighted by Gasteiger charge is 2.27. The third-order valence-electron chi connectivity index (χ3n) is 3.76. The molecule has 0 aromatic rings. The van der Waals surface area contributed by atoms with Gasteiger partial charge in [0.2, 0.25) is 0 Å². The summed E-state index contributed by atoms with van der Waals surface area (Å²) in [6.07, 6.45) is 10.7. The van der Waals surface area contributed by atoms with Crippen molar-refractivity contribution in [1.82, 2.24) is 10.6 Å². The highest BCUT2D eigenvalue weighted by atomic mass is 32.2. The van der Waals surface area contributed by atoms with Crippen LogP contribution in [-0.4, -0.2) is 29.6 Å². The molecule has 2 unspecified atom stereocenters. The van der Waals surface area contributed by atoms with Crippen molar-refractivity contribution in [2.75, 3.05) is 6.26 Å². The maximum Gasteiger partial charge on any atom is 0.315 e. The van der Waals surface area contributed by atoms with Gasteiger partial charge in [-0.2, -0.15) is 11.8 Å². The van der Waals surface area contributed by atoms with Crippen LogP contribution in [-0.2, 0) is 0 Å². The Morgan fingerprint density at radius 3 is 2.44 bits per heavy atom. The van der Waals surface area contributed by atoms with Crippen LogP contribution in [0.3, 0.4) is 0 Å². The average molecular weight is 242 g/mol. The van der Waals surface area contributed by atoms with Crippen molar-refractivity contribution < 1.29 is 4.79 Å². The van der Waals surface area contributed by atoms with Gasteiger partial charge in [-0.3, -0.25) is 0 Å². The molecule has 92 valence electrons. The molecule has 2 N–H and O–H groups in total. The van der Waals surface area contributed by atoms with Crippen LogP contribution >= 0.6 is 11.8 Å². The Labute approximate surface area is 102 Å². The zero-order valence-electron chi connectivity index (χ0n) is 10.00. The van der Waals surface area contributed by atoms with Crippen molar-refractivity contribution >= 4 is 17.8 Å². The first-order chi connectivity index (χ1) is 7.79. The lowest BCUT2D eigenvalue weighted by Crippen LogP contribution is -2.51. The first-order valence-corrected chi connectivity index (χ1v) is 7.68. The SMILES string of the molecule is CSC1CCCCC1NC(=O)NC1CCC1. The summed E-state index contributed by atoms with van der Waals surface area (Å²) >= 11 is 1.89. The molecule has 2 saturated carbocycles. The van der Waals surface area contributed by atoms with Crippen LogP contribution in [0.5, 0.6) is 0 Å². The second-order valence-corrected chi connectivity index (χ2v) is 5.99. The van der Waals surface area contributed by atoms with Gasteiger partial charge in [-0.1, -0.05) is 12.8 Å². The Morgan fingerprint density at radius 1 is 1.06 bits per heavy atom. The predicted molar refractivity (Wildman–Crippen MR) is 68.9 cm³/mol. The molecule has 0 heterocycles. The number of carbonyl (C=O) groups excluding carboxylic acids is 1. The van der Waals surface area contributed by atoms with Crippen LogP contribution in [0.15, 0.2) is 0 Å². The predicted octanol–water partition coefficient (Wildman–Crippen LogP) is 2.51. The van der Waals surface area contributed by atoms with Crippen LogP contribution < -0.4 is 10.6 Å². The number of thioether (sulfide) groups is 1. The van der Waals surface area contributed by atoms with Crippen LogP contribution in [0.25, 0.3) is 0 Å². The fourth-order valence-electron chi connectivity index (χ4n) is 2.49. The van der Waals surface area contributed by atoms with Gasteiger partial charge in [0.05, 0.1) is 0 Å². The summed E-state index contributed by atoms with van der Waals surface area (Å²) in [5, 5.41) is 6.81. The van der Waals surface area contributed by atoms with Crippen LogP contribution in [0.2, 0.25) is 0 Å². The summed E-state index contributed by atoms with van der Waals surface area (Å²) in [5.41, 5.74) is 0. The van der Waals surface area contributed by atoms with E-state index < -0.39 is 0 Å². The molecule has 4 heteroatoms. The molecule has 2 fully saturated rings. The molecule has 0 radical (unpaired) electrons. The van der Waals surface area contributed by atoms with Crippen LogP contribution in [0.4, 0.5) is 4.79 Å². The summed E-state index contributed by atoms with van der Waals surface area (Å²) in [7, 11) is 0. The first-order valence-electron chi connectivity index (χ1n) is 6.39. The lowest BCUT2D eigenvalue weighted by molar-refractivity contribution is 0.221. The van der Waals surface area contributed by atoms with Gasteiger partial charge >= 0.3 is 6.03 Å². The van der Waals surface area contributed by atoms with E-state index in [9.17, 15) is 4.79 Å². The molecule has 0 saturated heterocycles. The number of urea groups is 1. The molecule has 2 aliphatic carbocycles. The number of amides is 2. The van der Waals surface area contributed by atoms with Crippen molar-refractivity contribution in [2.45, 2.75) is 62.3 Å². The zero-order valence-corrected chi connectivity index (χ0v) is 10.8. The Bertz CT molecular complexity index is 243. The van der Waals surface area contributed by atoms with Gasteiger partial charge in [-0.25, -0.2) is 4.79 Å². The highest BCUT2D eigenvalue weighted by molar-refractivity contribution is 7.99. The van der Waals surface area contributed by atoms with Gasteiger partial charge in [-0.15, -0.1) is 0 Å². The van der Waals surface area contributed by atoms with E-state index in [1.165, 1.54) is 25.7 Å². The molecular weight excluding hydrogens is 220 g/mol. The number of hydrogen-bond acceptors (Lipinski definition) is 2. The van der Waals surface area contributed by atoms with Crippen LogP contribution in [0.1, 0.15) is 44.9 Å². The summed E-state index contributed by atoms with van der Waals surface area (Å²) in [6, 6.07) is 0.871. The third kappa shape index (κ3) is 3.06. The van der Waals surface area contributed by atoms with E-state index in [0.29, 0.717) is 17.3 Å². The molecule has 2 atom stereocenters. The average Bonchev–Trinajstić information content (AvgIpc) is 2.24. The summed E-state index contributed by atoms with van der Waals surface area (Å²) in [5.74, 6) is 0. The van der Waals surface area contributed by atoms with Crippen LogP contribution in [0, 0.1) is 0 Å². The van der Waals surface area contributed by atoms with E-state index in [0.717, 1.165) is 19.3 Å². The van der Waals surface area contributed by atoms with E-state index in [2.05, 4.69) is 16.9 Å². The Kier molecular flexibility index (Phi) is 4.38. The molecular formula is C12H22N2OS. The minimum absolute atomic E-state index is 0.0515. The normalized spacial score (nSPS) is 30.6. The minimum Gasteiger partial charge on any atom is -0.335 e. The van der Waals surface area contributed by atoms with Crippen molar-refractivity contribution in [3.8, 4) is 0 Å². The maximum absolute atomic E-state index is 11.7. The van der Waals surface area contributed by atoms with Gasteiger partial charge in [0.25, 0.3) is 0 Å². The quantitative estimate of drug-likeness (QED) is 0.798. The van der Waals surface area contributed by atoms with Gasteiger partial charge in [-0.05, 0) is 38.4 Å². The largest absolute Gasteiger partial charge is 0.335 e. The maximum atomic E-state index is 11.7. The fraction of sp³-hybridized carbons (Fsp3) is 0.917. The molecule has 0 bridgehead atoms. The van der Waals surface area contributed by atoms with Gasteiger partial charge in [0.1, 0.15) is 0 Å². The van der Waals surface area contributed by atoms with Crippen molar-refractivity contribution in [2.24, 2.45) is 0 Å². The van der Waals surface area contributed by atoms with E-state index in [4.69, 9.17) is 0 Å². The molecule has 0 aliphatic heterocycles. The van der Waals surface area contributed by atoms with E-state index in [-0.39, 0.29) is 6.03 Å². The monoisotopic (exact) mass is 242 g/mol. The molecule has 2 rings (SSSR count). The second-order valence-electron chi connectivity index (χ2n) is 4.91. The Hall–Kier alpha value is -0.380. The smallest absolute Gasteiger partial charge is 0.315 e. The Balaban J connectivity index is 1.75. The fourth-order valence-corrected chi connectivity index (χ4v) is 3.43. The highest BCUT2D eigenvalue weighted by Crippen LogP contribution is 2.27. The number of hydrogen-bond donors (Lipinski definition) is 2. The standard InChI is InChI=1S/C12H22N2OS/c1-16-11-8-3-2-7-10(11)14-12(15)13-9-5-4-6-9/h9-11H,2-8H2,1H3,(H2,13,14,15). The third-order valence-corrected chi connectivity index (χ3v) is 4.93. The number of nitrogens with one attached hydrogen (secondary N) is 2. The van der Waals surface area contributed by atoms with E-state index >= 15 is 0 Å². The molecule has 2 amide bonds. The molecule has 2 aliphatic rings. The van der Waals surface area contributed by atoms with Crippen molar-refractivity contribution in [1.29, 1.82) is 0 Å². The second kappa shape index (κ2) is 5.80. The molecule has 3 nitrogen and oxygen atoms in total. The molecule has 0 aromatic carbocycles. The molecule has 0 spiro atoms. The number of rotatable bonds is 3. The molecule has 0 aromatic heterocycles. The first kappa shape index (κ1) is 12.1. The van der Waals surface area contributed by atoms with E-state index in [1.807, 2.05) is 11.8 Å². The lowest BCUT2D eigenvalue weighted by Gasteiger charge is -2.33. The molecule has 16 heavy (non-hydrogen) atoms. The van der Waals surface area contributed by atoms with E-state index in [1.54, 1.807) is 0 Å². The summed E-state index contributed by atoms with van der Waals surface area (Å²) in [4.78, 5) is 11.7. The summed E-state index contributed by atoms with van der Waals surface area (Å²) < 4.78 is 0. The van der Waals surface area contributed by atoms with Gasteiger partial charge in [0.15, 0.2) is 0 Å². The topological polar surface area (TPSA) is 41.1 Å². The number of carbonyl (C=O) groups is 1. The lowest BCUT2D eigenvalue weighted by atomic mass is 9.93. The van der Waals surface area contributed by atoms with Crippen molar-refractivity contribution in [3.63, 3.8) is 0 Å².